The van der Waals surface area contributed by atoms with Crippen LogP contribution in [0.25, 0.3) is 0 Å². The first-order valence-electron chi connectivity index (χ1n) is 2.94. The number of hydrogen-bond acceptors (Lipinski definition) is 3. The minimum absolute atomic E-state index is 0.168. The lowest BCUT2D eigenvalue weighted by atomic mass is 10.6. The molecule has 0 aromatic heterocycles. The van der Waals surface area contributed by atoms with Gasteiger partial charge in [-0.3, -0.25) is 4.72 Å². The number of carbonyl (C=O) groups excluding carboxylic acids is 1. The summed E-state index contributed by atoms with van der Waals surface area (Å²) in [5.41, 5.74) is 0. The molecule has 3 nitrogen and oxygen atoms in total. The zero-order valence-electron chi connectivity index (χ0n) is 6.05. The minimum atomic E-state index is -0.168. The Bertz CT molecular complexity index is 108. The van der Waals surface area contributed by atoms with E-state index in [0.29, 0.717) is 5.25 Å². The molecule has 1 atom stereocenters. The third-order valence-corrected chi connectivity index (χ3v) is 2.14. The summed E-state index contributed by atoms with van der Waals surface area (Å²) in [6.45, 7) is 1.97. The molecule has 60 valence electrons. The smallest absolute Gasteiger partial charge is 0.324 e. The number of hydrogen-bond donors (Lipinski definition) is 3. The number of nitrogens with one attached hydrogen (secondary N) is 2. The van der Waals surface area contributed by atoms with Crippen LogP contribution in [-0.2, 0) is 0 Å². The molecule has 0 saturated heterocycles. The van der Waals surface area contributed by atoms with Crippen molar-refractivity contribution in [3.63, 3.8) is 0 Å². The molecule has 0 aliphatic carbocycles. The molecule has 0 aromatic carbocycles. The van der Waals surface area contributed by atoms with Gasteiger partial charge in [-0.05, 0) is 11.9 Å². The second-order valence-corrected chi connectivity index (χ2v) is 3.55. The maximum atomic E-state index is 10.5. The largest absolute Gasteiger partial charge is 0.341 e. The molecule has 10 heavy (non-hydrogen) atoms. The van der Waals surface area contributed by atoms with Gasteiger partial charge in [0, 0.05) is 18.1 Å². The van der Waals surface area contributed by atoms with Gasteiger partial charge >= 0.3 is 6.03 Å². The minimum Gasteiger partial charge on any atom is -0.341 e. The fraction of sp³-hybridized carbons (Fsp3) is 0.800. The first-order chi connectivity index (χ1) is 4.66. The Hall–Kier alpha value is -0.0300. The highest BCUT2D eigenvalue weighted by atomic mass is 32.2. The topological polar surface area (TPSA) is 41.1 Å². The van der Waals surface area contributed by atoms with E-state index in [1.807, 2.05) is 6.92 Å². The van der Waals surface area contributed by atoms with Crippen LogP contribution < -0.4 is 10.0 Å². The van der Waals surface area contributed by atoms with E-state index in [1.165, 1.54) is 11.9 Å². The quantitative estimate of drug-likeness (QED) is 0.446. The maximum Gasteiger partial charge on any atom is 0.324 e. The van der Waals surface area contributed by atoms with Crippen LogP contribution in [0.2, 0.25) is 0 Å². The Labute approximate surface area is 70.9 Å². The molecule has 0 heterocycles. The zero-order chi connectivity index (χ0) is 7.98. The van der Waals surface area contributed by atoms with E-state index >= 15 is 0 Å². The third-order valence-electron chi connectivity index (χ3n) is 0.716. The van der Waals surface area contributed by atoms with Crippen LogP contribution in [0.5, 0.6) is 0 Å². The van der Waals surface area contributed by atoms with E-state index in [9.17, 15) is 4.79 Å². The second-order valence-electron chi connectivity index (χ2n) is 1.84. The highest BCUT2D eigenvalue weighted by Gasteiger charge is 1.97. The molecule has 0 bridgehead atoms. The lowest BCUT2D eigenvalue weighted by Crippen LogP contribution is -2.28. The van der Waals surface area contributed by atoms with Gasteiger partial charge in [-0.25, -0.2) is 4.79 Å². The van der Waals surface area contributed by atoms with E-state index in [0.717, 1.165) is 5.75 Å². The molecule has 0 aliphatic rings. The van der Waals surface area contributed by atoms with Gasteiger partial charge in [-0.1, -0.05) is 6.92 Å². The number of urea groups is 1. The highest BCUT2D eigenvalue weighted by molar-refractivity contribution is 7.98. The van der Waals surface area contributed by atoms with Crippen molar-refractivity contribution < 1.29 is 4.79 Å². The van der Waals surface area contributed by atoms with Crippen molar-refractivity contribution >= 4 is 30.6 Å². The Morgan fingerprint density at radius 3 is 2.80 bits per heavy atom. The van der Waals surface area contributed by atoms with Crippen LogP contribution in [0.1, 0.15) is 6.92 Å². The molecule has 0 saturated carbocycles. The summed E-state index contributed by atoms with van der Waals surface area (Å²) in [5, 5.41) is 2.75. The van der Waals surface area contributed by atoms with Gasteiger partial charge in [-0.15, -0.1) is 0 Å². The highest BCUT2D eigenvalue weighted by Crippen LogP contribution is 2.01. The molecular formula is C5H12N2OS2. The first kappa shape index (κ1) is 9.97. The van der Waals surface area contributed by atoms with Crippen molar-refractivity contribution in [3.8, 4) is 0 Å². The molecular weight excluding hydrogens is 168 g/mol. The third kappa shape index (κ3) is 6.10. The van der Waals surface area contributed by atoms with Crippen LogP contribution in [0.3, 0.4) is 0 Å². The summed E-state index contributed by atoms with van der Waals surface area (Å²) in [7, 11) is 1.58. The predicted octanol–water partition coefficient (Wildman–Crippen LogP) is 0.882. The summed E-state index contributed by atoms with van der Waals surface area (Å²) >= 11 is 5.49. The van der Waals surface area contributed by atoms with Crippen LogP contribution in [0.15, 0.2) is 0 Å². The average molecular weight is 180 g/mol. The van der Waals surface area contributed by atoms with Crippen molar-refractivity contribution in [2.24, 2.45) is 0 Å². The van der Waals surface area contributed by atoms with Crippen molar-refractivity contribution in [3.05, 3.63) is 0 Å². The predicted molar refractivity (Wildman–Crippen MR) is 48.5 cm³/mol. The summed E-state index contributed by atoms with van der Waals surface area (Å²) in [6, 6.07) is -0.168. The summed E-state index contributed by atoms with van der Waals surface area (Å²) < 4.78 is 2.58. The molecule has 2 N–H and O–H groups in total. The van der Waals surface area contributed by atoms with Crippen molar-refractivity contribution in [2.75, 3.05) is 12.8 Å². The lowest BCUT2D eigenvalue weighted by molar-refractivity contribution is 0.248. The Balaban J connectivity index is 3.12. The van der Waals surface area contributed by atoms with E-state index in [4.69, 9.17) is 0 Å². The van der Waals surface area contributed by atoms with E-state index in [2.05, 4.69) is 22.7 Å². The zero-order valence-corrected chi connectivity index (χ0v) is 7.76. The summed E-state index contributed by atoms with van der Waals surface area (Å²) in [5.74, 6) is 0.816. The Morgan fingerprint density at radius 1 is 1.80 bits per heavy atom. The monoisotopic (exact) mass is 180 g/mol. The fourth-order valence-electron chi connectivity index (χ4n) is 0.279. The van der Waals surface area contributed by atoms with E-state index in [-0.39, 0.29) is 6.03 Å². The van der Waals surface area contributed by atoms with Gasteiger partial charge in [0.1, 0.15) is 0 Å². The van der Waals surface area contributed by atoms with Gasteiger partial charge in [0.25, 0.3) is 0 Å². The number of carbonyl (C=O) groups is 1. The van der Waals surface area contributed by atoms with Crippen LogP contribution in [0.4, 0.5) is 4.79 Å². The van der Waals surface area contributed by atoms with Crippen molar-refractivity contribution in [1.82, 2.24) is 10.0 Å². The molecule has 0 aromatic rings. The Morgan fingerprint density at radius 2 is 2.40 bits per heavy atom. The molecule has 5 heteroatoms. The van der Waals surface area contributed by atoms with Crippen LogP contribution in [0, 0.1) is 0 Å². The molecule has 0 radical (unpaired) electrons. The maximum absolute atomic E-state index is 10.5. The molecule has 2 amide bonds. The van der Waals surface area contributed by atoms with Gasteiger partial charge in [0.15, 0.2) is 0 Å². The Kier molecular flexibility index (Phi) is 5.71. The molecule has 0 rings (SSSR count). The summed E-state index contributed by atoms with van der Waals surface area (Å²) in [6.07, 6.45) is 0. The van der Waals surface area contributed by atoms with Gasteiger partial charge < -0.3 is 5.32 Å². The SMILES string of the molecule is CNC(=O)NSCC(C)S. The van der Waals surface area contributed by atoms with Gasteiger partial charge in [-0.2, -0.15) is 12.6 Å². The molecule has 0 fully saturated rings. The number of rotatable bonds is 3. The van der Waals surface area contributed by atoms with Gasteiger partial charge in [0.2, 0.25) is 0 Å². The van der Waals surface area contributed by atoms with Crippen molar-refractivity contribution in [1.29, 1.82) is 0 Å². The molecule has 0 spiro atoms. The number of amides is 2. The average Bonchev–Trinajstić information content (AvgIpc) is 1.87. The molecule has 0 aliphatic heterocycles. The second kappa shape index (κ2) is 5.73. The van der Waals surface area contributed by atoms with Crippen LogP contribution >= 0.6 is 24.6 Å². The van der Waals surface area contributed by atoms with Crippen molar-refractivity contribution in [2.45, 2.75) is 12.2 Å². The normalized spacial score (nSPS) is 12.3. The van der Waals surface area contributed by atoms with Crippen LogP contribution in [-0.4, -0.2) is 24.1 Å². The fourth-order valence-corrected chi connectivity index (χ4v) is 1.06. The molecule has 1 unspecified atom stereocenters. The van der Waals surface area contributed by atoms with E-state index < -0.39 is 0 Å². The lowest BCUT2D eigenvalue weighted by Gasteiger charge is -2.03. The first-order valence-corrected chi connectivity index (χ1v) is 4.44. The number of thiol groups is 1. The van der Waals surface area contributed by atoms with Gasteiger partial charge in [0.05, 0.1) is 0 Å². The standard InChI is InChI=1S/C5H12N2OS2/c1-4(9)3-10-7-5(8)6-2/h4,9H,3H2,1-2H3,(H2,6,7,8). The van der Waals surface area contributed by atoms with E-state index in [1.54, 1.807) is 7.05 Å². The summed E-state index contributed by atoms with van der Waals surface area (Å²) in [4.78, 5) is 10.5.